The van der Waals surface area contributed by atoms with Crippen molar-refractivity contribution in [1.29, 1.82) is 0 Å². The minimum absolute atomic E-state index is 0.0976. The van der Waals surface area contributed by atoms with Gasteiger partial charge in [0.2, 0.25) is 0 Å². The third-order valence-corrected chi connectivity index (χ3v) is 2.86. The molecule has 1 aromatic heterocycles. The van der Waals surface area contributed by atoms with E-state index in [0.717, 1.165) is 6.42 Å². The fourth-order valence-corrected chi connectivity index (χ4v) is 2.00. The number of thiophene rings is 1. The average Bonchev–Trinajstić information content (AvgIpc) is 2.47. The molecule has 2 nitrogen and oxygen atoms in total. The van der Waals surface area contributed by atoms with Gasteiger partial charge >= 0.3 is 0 Å². The highest BCUT2D eigenvalue weighted by Gasteiger charge is 2.10. The lowest BCUT2D eigenvalue weighted by Crippen LogP contribution is -2.03. The summed E-state index contributed by atoms with van der Waals surface area (Å²) in [5.74, 6) is 0.0976. The predicted octanol–water partition coefficient (Wildman–Crippen LogP) is 2.32. The summed E-state index contributed by atoms with van der Waals surface area (Å²) in [6.45, 7) is 0.550. The number of halogens is 1. The van der Waals surface area contributed by atoms with Crippen LogP contribution in [0.3, 0.4) is 0 Å². The molecule has 0 radical (unpaired) electrons. The van der Waals surface area contributed by atoms with Crippen LogP contribution in [0.1, 0.15) is 22.5 Å². The Morgan fingerprint density at radius 1 is 1.67 bits per heavy atom. The zero-order valence-electron chi connectivity index (χ0n) is 6.55. The van der Waals surface area contributed by atoms with Crippen LogP contribution >= 0.6 is 22.9 Å². The first-order valence-corrected chi connectivity index (χ1v) is 4.97. The number of rotatable bonds is 4. The summed E-state index contributed by atoms with van der Waals surface area (Å²) < 4.78 is 0. The van der Waals surface area contributed by atoms with Crippen LogP contribution in [0.4, 0.5) is 0 Å². The van der Waals surface area contributed by atoms with E-state index >= 15 is 0 Å². The van der Waals surface area contributed by atoms with Crippen LogP contribution in [0.15, 0.2) is 11.4 Å². The quantitative estimate of drug-likeness (QED) is 0.764. The normalized spacial score (nSPS) is 10.2. The second kappa shape index (κ2) is 4.60. The summed E-state index contributed by atoms with van der Waals surface area (Å²) >= 11 is 7.16. The highest BCUT2D eigenvalue weighted by atomic mass is 35.5. The molecule has 1 heterocycles. The predicted molar refractivity (Wildman–Crippen MR) is 51.9 cm³/mol. The first-order valence-electron chi connectivity index (χ1n) is 3.72. The van der Waals surface area contributed by atoms with Gasteiger partial charge in [0.15, 0.2) is 5.78 Å². The van der Waals surface area contributed by atoms with Crippen molar-refractivity contribution >= 4 is 28.7 Å². The van der Waals surface area contributed by atoms with Crippen LogP contribution in [-0.2, 0) is 0 Å². The number of nitrogens with two attached hydrogens (primary N) is 1. The van der Waals surface area contributed by atoms with Gasteiger partial charge < -0.3 is 5.73 Å². The third-order valence-electron chi connectivity index (χ3n) is 1.48. The van der Waals surface area contributed by atoms with Crippen LogP contribution in [0, 0.1) is 0 Å². The maximum Gasteiger partial charge on any atom is 0.174 e. The molecule has 0 saturated carbocycles. The van der Waals surface area contributed by atoms with Crippen LogP contribution in [0.5, 0.6) is 0 Å². The Labute approximate surface area is 80.3 Å². The summed E-state index contributed by atoms with van der Waals surface area (Å²) in [6.07, 6.45) is 1.23. The lowest BCUT2D eigenvalue weighted by atomic mass is 10.2. The Morgan fingerprint density at radius 2 is 2.42 bits per heavy atom. The van der Waals surface area contributed by atoms with E-state index in [1.807, 2.05) is 5.38 Å². The first-order chi connectivity index (χ1) is 5.75. The monoisotopic (exact) mass is 203 g/mol. The number of carbonyl (C=O) groups excluding carboxylic acids is 1. The number of ketones is 1. The van der Waals surface area contributed by atoms with E-state index in [9.17, 15) is 4.79 Å². The van der Waals surface area contributed by atoms with E-state index in [0.29, 0.717) is 22.9 Å². The van der Waals surface area contributed by atoms with Crippen molar-refractivity contribution < 1.29 is 4.79 Å². The van der Waals surface area contributed by atoms with Gasteiger partial charge in [-0.1, -0.05) is 11.6 Å². The average molecular weight is 204 g/mol. The summed E-state index contributed by atoms with van der Waals surface area (Å²) in [4.78, 5) is 12.0. The van der Waals surface area contributed by atoms with Gasteiger partial charge in [-0.2, -0.15) is 0 Å². The topological polar surface area (TPSA) is 43.1 Å². The van der Waals surface area contributed by atoms with Crippen LogP contribution < -0.4 is 5.73 Å². The number of carbonyl (C=O) groups is 1. The molecule has 0 fully saturated rings. The van der Waals surface area contributed by atoms with Crippen molar-refractivity contribution in [1.82, 2.24) is 0 Å². The van der Waals surface area contributed by atoms with Gasteiger partial charge in [-0.15, -0.1) is 11.3 Å². The molecule has 0 atom stereocenters. The lowest BCUT2D eigenvalue weighted by Gasteiger charge is -1.95. The molecule has 0 aliphatic heterocycles. The zero-order chi connectivity index (χ0) is 8.97. The molecule has 2 N–H and O–H groups in total. The van der Waals surface area contributed by atoms with Crippen molar-refractivity contribution in [3.63, 3.8) is 0 Å². The van der Waals surface area contributed by atoms with E-state index in [-0.39, 0.29) is 5.78 Å². The van der Waals surface area contributed by atoms with Gasteiger partial charge in [0, 0.05) is 6.42 Å². The van der Waals surface area contributed by atoms with E-state index in [1.54, 1.807) is 6.07 Å². The van der Waals surface area contributed by atoms with Crippen LogP contribution in [0.2, 0.25) is 5.02 Å². The van der Waals surface area contributed by atoms with Crippen molar-refractivity contribution in [2.45, 2.75) is 12.8 Å². The van der Waals surface area contributed by atoms with Crippen molar-refractivity contribution in [3.05, 3.63) is 21.3 Å². The molecule has 0 aliphatic carbocycles. The van der Waals surface area contributed by atoms with E-state index in [4.69, 9.17) is 17.3 Å². The van der Waals surface area contributed by atoms with Gasteiger partial charge in [0.05, 0.1) is 9.90 Å². The minimum Gasteiger partial charge on any atom is -0.330 e. The van der Waals surface area contributed by atoms with Gasteiger partial charge in [-0.05, 0) is 24.4 Å². The Bertz CT molecular complexity index is 272. The fraction of sp³-hybridized carbons (Fsp3) is 0.375. The maximum atomic E-state index is 11.4. The minimum atomic E-state index is 0.0976. The smallest absolute Gasteiger partial charge is 0.174 e. The molecular formula is C8H10ClNOS. The van der Waals surface area contributed by atoms with E-state index in [2.05, 4.69) is 0 Å². The highest BCUT2D eigenvalue weighted by molar-refractivity contribution is 7.12. The molecule has 0 saturated heterocycles. The summed E-state index contributed by atoms with van der Waals surface area (Å²) in [5, 5.41) is 2.37. The van der Waals surface area contributed by atoms with Gasteiger partial charge in [-0.25, -0.2) is 0 Å². The van der Waals surface area contributed by atoms with E-state index in [1.165, 1.54) is 11.3 Å². The van der Waals surface area contributed by atoms with Crippen molar-refractivity contribution in [2.24, 2.45) is 5.73 Å². The zero-order valence-corrected chi connectivity index (χ0v) is 8.12. The summed E-state index contributed by atoms with van der Waals surface area (Å²) in [6, 6.07) is 1.74. The Balaban J connectivity index is 2.59. The second-order valence-corrected chi connectivity index (χ2v) is 3.74. The molecule has 0 spiro atoms. The third kappa shape index (κ3) is 2.30. The first kappa shape index (κ1) is 9.71. The number of hydrogen-bond donors (Lipinski definition) is 1. The SMILES string of the molecule is NCCCC(=O)c1sccc1Cl. The van der Waals surface area contributed by atoms with Gasteiger partial charge in [0.1, 0.15) is 0 Å². The van der Waals surface area contributed by atoms with E-state index < -0.39 is 0 Å². The lowest BCUT2D eigenvalue weighted by molar-refractivity contribution is 0.0985. The molecule has 66 valence electrons. The molecule has 0 aromatic carbocycles. The summed E-state index contributed by atoms with van der Waals surface area (Å²) in [5.41, 5.74) is 5.29. The molecule has 0 amide bonds. The van der Waals surface area contributed by atoms with Gasteiger partial charge in [0.25, 0.3) is 0 Å². The van der Waals surface area contributed by atoms with Gasteiger partial charge in [-0.3, -0.25) is 4.79 Å². The standard InChI is InChI=1S/C8H10ClNOS/c9-6-3-5-12-8(6)7(11)2-1-4-10/h3,5H,1-2,4,10H2. The Morgan fingerprint density at radius 3 is 2.92 bits per heavy atom. The van der Waals surface area contributed by atoms with Crippen molar-refractivity contribution in [3.8, 4) is 0 Å². The molecule has 4 heteroatoms. The number of Topliss-reactive ketones (excluding diaryl/α,β-unsaturated/α-hetero) is 1. The maximum absolute atomic E-state index is 11.4. The Hall–Kier alpha value is -0.380. The second-order valence-electron chi connectivity index (χ2n) is 2.41. The molecule has 1 aromatic rings. The molecule has 0 unspecified atom stereocenters. The molecule has 0 aliphatic rings. The molecular weight excluding hydrogens is 194 g/mol. The molecule has 1 rings (SSSR count). The highest BCUT2D eigenvalue weighted by Crippen LogP contribution is 2.23. The Kier molecular flexibility index (Phi) is 3.72. The fourth-order valence-electron chi connectivity index (χ4n) is 0.869. The largest absolute Gasteiger partial charge is 0.330 e. The van der Waals surface area contributed by atoms with Crippen molar-refractivity contribution in [2.75, 3.05) is 6.54 Å². The molecule has 0 bridgehead atoms. The number of hydrogen-bond acceptors (Lipinski definition) is 3. The summed E-state index contributed by atoms with van der Waals surface area (Å²) in [7, 11) is 0. The van der Waals surface area contributed by atoms with Crippen LogP contribution in [0.25, 0.3) is 0 Å². The molecule has 12 heavy (non-hydrogen) atoms. The van der Waals surface area contributed by atoms with Crippen LogP contribution in [-0.4, -0.2) is 12.3 Å².